The van der Waals surface area contributed by atoms with Crippen LogP contribution in [-0.2, 0) is 6.54 Å². The van der Waals surface area contributed by atoms with Gasteiger partial charge in [-0.15, -0.1) is 0 Å². The van der Waals surface area contributed by atoms with Gasteiger partial charge in [0.15, 0.2) is 11.5 Å². The average Bonchev–Trinajstić information content (AvgIpc) is 2.56. The normalized spacial score (nSPS) is 11.1. The van der Waals surface area contributed by atoms with Gasteiger partial charge in [0.1, 0.15) is 17.6 Å². The Labute approximate surface area is 139 Å². The molecule has 0 fully saturated rings. The molecule has 2 N–H and O–H groups in total. The summed E-state index contributed by atoms with van der Waals surface area (Å²) in [6.45, 7) is 4.81. The second-order valence-electron chi connectivity index (χ2n) is 6.00. The zero-order chi connectivity index (χ0) is 17.1. The first-order chi connectivity index (χ1) is 11.5. The molecule has 1 aromatic carbocycles. The largest absolute Gasteiger partial charge is 0.508 e. The molecule has 0 saturated heterocycles. The van der Waals surface area contributed by atoms with Gasteiger partial charge in [0.25, 0.3) is 5.56 Å². The number of fused-ring (bicyclic) bond motifs is 1. The van der Waals surface area contributed by atoms with Gasteiger partial charge in [-0.1, -0.05) is 13.8 Å². The van der Waals surface area contributed by atoms with E-state index in [1.807, 2.05) is 0 Å². The van der Waals surface area contributed by atoms with Gasteiger partial charge in [0, 0.05) is 12.2 Å². The Kier molecular flexibility index (Phi) is 4.41. The number of nitrogens with one attached hydrogen (secondary N) is 1. The second-order valence-corrected chi connectivity index (χ2v) is 6.00. The minimum Gasteiger partial charge on any atom is -0.508 e. The summed E-state index contributed by atoms with van der Waals surface area (Å²) >= 11 is 0. The van der Waals surface area contributed by atoms with Crippen molar-refractivity contribution in [1.82, 2.24) is 19.5 Å². The van der Waals surface area contributed by atoms with Crippen molar-refractivity contribution >= 4 is 22.7 Å². The third kappa shape index (κ3) is 3.34. The molecule has 3 rings (SSSR count). The summed E-state index contributed by atoms with van der Waals surface area (Å²) in [7, 11) is 0. The van der Waals surface area contributed by atoms with Gasteiger partial charge in [-0.3, -0.25) is 9.36 Å². The third-order valence-corrected chi connectivity index (χ3v) is 3.69. The molecule has 0 spiro atoms. The first-order valence-corrected chi connectivity index (χ1v) is 7.81. The highest BCUT2D eigenvalue weighted by Gasteiger charge is 2.11. The molecule has 0 aliphatic rings. The predicted molar refractivity (Wildman–Crippen MR) is 92.4 cm³/mol. The van der Waals surface area contributed by atoms with E-state index in [0.717, 1.165) is 12.1 Å². The number of rotatable bonds is 5. The Morgan fingerprint density at radius 3 is 2.62 bits per heavy atom. The summed E-state index contributed by atoms with van der Waals surface area (Å²) in [5, 5.41) is 12.5. The first kappa shape index (κ1) is 15.9. The van der Waals surface area contributed by atoms with Gasteiger partial charge in [-0.25, -0.2) is 15.0 Å². The maximum absolute atomic E-state index is 12.1. The topological polar surface area (TPSA) is 92.9 Å². The van der Waals surface area contributed by atoms with Crippen LogP contribution in [0.1, 0.15) is 20.3 Å². The highest BCUT2D eigenvalue weighted by atomic mass is 16.3. The minimum atomic E-state index is -0.169. The van der Waals surface area contributed by atoms with Crippen molar-refractivity contribution in [2.45, 2.75) is 26.8 Å². The molecule has 124 valence electrons. The highest BCUT2D eigenvalue weighted by molar-refractivity contribution is 5.84. The molecule has 7 nitrogen and oxygen atoms in total. The van der Waals surface area contributed by atoms with E-state index >= 15 is 0 Å². The number of hydrogen-bond donors (Lipinski definition) is 2. The number of anilines is 2. The number of aryl methyl sites for hydroxylation is 1. The van der Waals surface area contributed by atoms with Gasteiger partial charge in [0.05, 0.1) is 6.20 Å². The molecule has 0 saturated carbocycles. The molecule has 24 heavy (non-hydrogen) atoms. The monoisotopic (exact) mass is 325 g/mol. The van der Waals surface area contributed by atoms with Crippen molar-refractivity contribution in [3.8, 4) is 5.75 Å². The molecule has 0 amide bonds. The van der Waals surface area contributed by atoms with Crippen LogP contribution in [-0.4, -0.2) is 24.6 Å². The van der Waals surface area contributed by atoms with Crippen LogP contribution in [0.3, 0.4) is 0 Å². The first-order valence-electron chi connectivity index (χ1n) is 7.81. The van der Waals surface area contributed by atoms with Gasteiger partial charge in [-0.2, -0.15) is 0 Å². The van der Waals surface area contributed by atoms with Crippen molar-refractivity contribution in [3.63, 3.8) is 0 Å². The van der Waals surface area contributed by atoms with E-state index in [2.05, 4.69) is 34.1 Å². The van der Waals surface area contributed by atoms with E-state index in [1.54, 1.807) is 28.8 Å². The standard InChI is InChI=1S/C17H19N5O2/c1-11(2)7-8-22-14(24)9-18-15-16(19-10-20-17(15)22)21-12-3-5-13(23)6-4-12/h3-6,9-11,23H,7-8H2,1-2H3,(H,19,20,21). The van der Waals surface area contributed by atoms with Crippen LogP contribution in [0.15, 0.2) is 41.6 Å². The van der Waals surface area contributed by atoms with E-state index in [9.17, 15) is 9.90 Å². The third-order valence-electron chi connectivity index (χ3n) is 3.69. The number of phenols is 1. The van der Waals surface area contributed by atoms with Crippen LogP contribution in [0.2, 0.25) is 0 Å². The lowest BCUT2D eigenvalue weighted by Crippen LogP contribution is -2.22. The maximum Gasteiger partial charge on any atom is 0.270 e. The molecule has 7 heteroatoms. The Morgan fingerprint density at radius 1 is 1.17 bits per heavy atom. The zero-order valence-electron chi connectivity index (χ0n) is 13.6. The van der Waals surface area contributed by atoms with E-state index in [4.69, 9.17) is 0 Å². The summed E-state index contributed by atoms with van der Waals surface area (Å²) in [6, 6.07) is 6.63. The number of nitrogens with zero attached hydrogens (tertiary/aromatic N) is 4. The number of aromatic hydroxyl groups is 1. The van der Waals surface area contributed by atoms with Crippen molar-refractivity contribution in [2.24, 2.45) is 5.92 Å². The molecular formula is C17H19N5O2. The molecule has 0 radical (unpaired) electrons. The number of benzene rings is 1. The second kappa shape index (κ2) is 6.66. The predicted octanol–water partition coefficient (Wildman–Crippen LogP) is 2.68. The van der Waals surface area contributed by atoms with Crippen LogP contribution in [0.25, 0.3) is 11.2 Å². The summed E-state index contributed by atoms with van der Waals surface area (Å²) < 4.78 is 1.63. The molecule has 2 heterocycles. The lowest BCUT2D eigenvalue weighted by Gasteiger charge is -2.12. The molecule has 2 aromatic heterocycles. The Bertz CT molecular complexity index is 903. The number of aromatic nitrogens is 4. The zero-order valence-corrected chi connectivity index (χ0v) is 13.6. The lowest BCUT2D eigenvalue weighted by atomic mass is 10.1. The summed E-state index contributed by atoms with van der Waals surface area (Å²) in [6.07, 6.45) is 3.59. The molecule has 0 unspecified atom stereocenters. The lowest BCUT2D eigenvalue weighted by molar-refractivity contribution is 0.475. The van der Waals surface area contributed by atoms with Gasteiger partial charge >= 0.3 is 0 Å². The van der Waals surface area contributed by atoms with Crippen LogP contribution >= 0.6 is 0 Å². The average molecular weight is 325 g/mol. The summed E-state index contributed by atoms with van der Waals surface area (Å²) in [5.74, 6) is 1.19. The van der Waals surface area contributed by atoms with Gasteiger partial charge < -0.3 is 10.4 Å². The fourth-order valence-electron chi connectivity index (χ4n) is 2.36. The number of phenolic OH excluding ortho intramolecular Hbond substituents is 1. The molecule has 0 aliphatic heterocycles. The van der Waals surface area contributed by atoms with Crippen molar-refractivity contribution < 1.29 is 5.11 Å². The minimum absolute atomic E-state index is 0.169. The summed E-state index contributed by atoms with van der Waals surface area (Å²) in [4.78, 5) is 24.8. The van der Waals surface area contributed by atoms with Crippen LogP contribution in [0, 0.1) is 5.92 Å². The highest BCUT2D eigenvalue weighted by Crippen LogP contribution is 2.22. The summed E-state index contributed by atoms with van der Waals surface area (Å²) in [5.41, 5.74) is 1.64. The Hall–Kier alpha value is -2.96. The van der Waals surface area contributed by atoms with Crippen molar-refractivity contribution in [1.29, 1.82) is 0 Å². The molecule has 0 aliphatic carbocycles. The van der Waals surface area contributed by atoms with Gasteiger partial charge in [-0.05, 0) is 36.6 Å². The SMILES string of the molecule is CC(C)CCn1c(=O)cnc2c(Nc3ccc(O)cc3)ncnc21. The van der Waals surface area contributed by atoms with E-state index in [0.29, 0.717) is 29.4 Å². The van der Waals surface area contributed by atoms with Gasteiger partial charge in [0.2, 0.25) is 0 Å². The van der Waals surface area contributed by atoms with E-state index in [-0.39, 0.29) is 11.3 Å². The van der Waals surface area contributed by atoms with E-state index < -0.39 is 0 Å². The Morgan fingerprint density at radius 2 is 1.92 bits per heavy atom. The fraction of sp³-hybridized carbons (Fsp3) is 0.294. The van der Waals surface area contributed by atoms with Crippen LogP contribution in [0.5, 0.6) is 5.75 Å². The molecular weight excluding hydrogens is 306 g/mol. The van der Waals surface area contributed by atoms with Crippen LogP contribution < -0.4 is 10.9 Å². The molecule has 0 atom stereocenters. The quantitative estimate of drug-likeness (QED) is 0.701. The number of hydrogen-bond acceptors (Lipinski definition) is 6. The van der Waals surface area contributed by atoms with Crippen molar-refractivity contribution in [2.75, 3.05) is 5.32 Å². The smallest absolute Gasteiger partial charge is 0.270 e. The Balaban J connectivity index is 2.02. The maximum atomic E-state index is 12.1. The van der Waals surface area contributed by atoms with Crippen molar-refractivity contribution in [3.05, 3.63) is 47.1 Å². The van der Waals surface area contributed by atoms with Crippen LogP contribution in [0.4, 0.5) is 11.5 Å². The fourth-order valence-corrected chi connectivity index (χ4v) is 2.36. The molecule has 3 aromatic rings. The molecule has 0 bridgehead atoms. The van der Waals surface area contributed by atoms with E-state index in [1.165, 1.54) is 12.5 Å².